The van der Waals surface area contributed by atoms with Crippen molar-refractivity contribution < 1.29 is 17.6 Å². The molecule has 1 atom stereocenters. The monoisotopic (exact) mass is 368 g/mol. The number of nitrogens with one attached hydrogen (secondary N) is 2. The topological polar surface area (TPSA) is 95.2 Å². The lowest BCUT2D eigenvalue weighted by Gasteiger charge is -2.22. The molecule has 3 rings (SSSR count). The van der Waals surface area contributed by atoms with Crippen molar-refractivity contribution in [3.63, 3.8) is 0 Å². The molecule has 1 amide bonds. The summed E-state index contributed by atoms with van der Waals surface area (Å²) in [6.07, 6.45) is 0.901. The van der Waals surface area contributed by atoms with Crippen LogP contribution in [-0.2, 0) is 21.2 Å². The molecule has 1 aromatic carbocycles. The van der Waals surface area contributed by atoms with Gasteiger partial charge in [0.05, 0.1) is 29.1 Å². The van der Waals surface area contributed by atoms with Crippen molar-refractivity contribution in [2.45, 2.75) is 25.4 Å². The first-order chi connectivity index (χ1) is 11.8. The predicted molar refractivity (Wildman–Crippen MR) is 92.2 cm³/mol. The van der Waals surface area contributed by atoms with Crippen LogP contribution < -0.4 is 5.32 Å². The fourth-order valence-electron chi connectivity index (χ4n) is 2.97. The third kappa shape index (κ3) is 4.55. The van der Waals surface area contributed by atoms with Crippen LogP contribution in [0.2, 0.25) is 0 Å². The van der Waals surface area contributed by atoms with Crippen molar-refractivity contribution in [3.05, 3.63) is 29.8 Å². The van der Waals surface area contributed by atoms with Gasteiger partial charge in [-0.3, -0.25) is 4.79 Å². The Hall–Kier alpha value is -2.00. The van der Waals surface area contributed by atoms with Crippen molar-refractivity contribution in [1.29, 1.82) is 0 Å². The number of rotatable bonds is 6. The molecule has 2 heterocycles. The maximum absolute atomic E-state index is 13.2. The summed E-state index contributed by atoms with van der Waals surface area (Å²) in [5.41, 5.74) is 1.24. The highest BCUT2D eigenvalue weighted by atomic mass is 32.2. The fourth-order valence-corrected chi connectivity index (χ4v) is 4.78. The number of imidazole rings is 1. The molecule has 136 valence electrons. The third-order valence-electron chi connectivity index (χ3n) is 4.47. The Bertz CT molecular complexity index is 881. The highest BCUT2D eigenvalue weighted by Crippen LogP contribution is 2.16. The van der Waals surface area contributed by atoms with Crippen LogP contribution in [0.1, 0.15) is 18.7 Å². The van der Waals surface area contributed by atoms with Crippen LogP contribution in [0.5, 0.6) is 0 Å². The Morgan fingerprint density at radius 2 is 2.28 bits per heavy atom. The minimum atomic E-state index is -2.92. The zero-order valence-corrected chi connectivity index (χ0v) is 14.8. The average Bonchev–Trinajstić information content (AvgIpc) is 3.12. The lowest BCUT2D eigenvalue weighted by molar-refractivity contribution is -0.121. The van der Waals surface area contributed by atoms with E-state index < -0.39 is 9.84 Å². The number of H-pyrrole nitrogens is 1. The van der Waals surface area contributed by atoms with Crippen LogP contribution in [-0.4, -0.2) is 60.3 Å². The molecule has 7 nitrogen and oxygen atoms in total. The Balaban J connectivity index is 1.46. The summed E-state index contributed by atoms with van der Waals surface area (Å²) in [7, 11) is -1.08. The number of halogens is 1. The largest absolute Gasteiger partial charge is 0.349 e. The van der Waals surface area contributed by atoms with Gasteiger partial charge < -0.3 is 15.2 Å². The van der Waals surface area contributed by atoms with E-state index in [4.69, 9.17) is 0 Å². The SMILES string of the molecule is CN(CCC(=O)NCc1nc2ccc(F)cc2[nH]1)[C@@H]1CCS(=O)(=O)C1. The molecule has 2 N–H and O–H groups in total. The smallest absolute Gasteiger partial charge is 0.221 e. The predicted octanol–water partition coefficient (Wildman–Crippen LogP) is 0.827. The number of hydrogen-bond acceptors (Lipinski definition) is 5. The summed E-state index contributed by atoms with van der Waals surface area (Å²) in [4.78, 5) is 21.2. The number of hydrogen-bond donors (Lipinski definition) is 2. The second-order valence-electron chi connectivity index (χ2n) is 6.41. The van der Waals surface area contributed by atoms with E-state index in [1.165, 1.54) is 12.1 Å². The molecule has 1 aliphatic rings. The molecule has 0 aliphatic carbocycles. The number of carbonyl (C=O) groups is 1. The molecular formula is C16H21FN4O3S. The van der Waals surface area contributed by atoms with E-state index >= 15 is 0 Å². The van der Waals surface area contributed by atoms with Gasteiger partial charge in [0.25, 0.3) is 0 Å². The van der Waals surface area contributed by atoms with Crippen LogP contribution >= 0.6 is 0 Å². The summed E-state index contributed by atoms with van der Waals surface area (Å²) in [5.74, 6) is 0.467. The van der Waals surface area contributed by atoms with Gasteiger partial charge in [0.2, 0.25) is 5.91 Å². The first kappa shape index (κ1) is 17.8. The zero-order chi connectivity index (χ0) is 18.0. The molecule has 1 aliphatic heterocycles. The van der Waals surface area contributed by atoms with Gasteiger partial charge in [-0.15, -0.1) is 0 Å². The van der Waals surface area contributed by atoms with E-state index in [-0.39, 0.29) is 42.2 Å². The molecule has 9 heteroatoms. The third-order valence-corrected chi connectivity index (χ3v) is 6.22. The van der Waals surface area contributed by atoms with E-state index in [1.807, 2.05) is 11.9 Å². The molecular weight excluding hydrogens is 347 g/mol. The van der Waals surface area contributed by atoms with Gasteiger partial charge in [-0.05, 0) is 31.7 Å². The molecule has 0 spiro atoms. The van der Waals surface area contributed by atoms with Gasteiger partial charge in [-0.1, -0.05) is 0 Å². The highest BCUT2D eigenvalue weighted by Gasteiger charge is 2.30. The van der Waals surface area contributed by atoms with Crippen molar-refractivity contribution in [1.82, 2.24) is 20.2 Å². The fraction of sp³-hybridized carbons (Fsp3) is 0.500. The summed E-state index contributed by atoms with van der Waals surface area (Å²) in [6, 6.07) is 4.27. The van der Waals surface area contributed by atoms with E-state index in [2.05, 4.69) is 15.3 Å². The number of aromatic nitrogens is 2. The first-order valence-corrected chi connectivity index (χ1v) is 9.96. The van der Waals surface area contributed by atoms with E-state index in [0.29, 0.717) is 29.8 Å². The van der Waals surface area contributed by atoms with Crippen LogP contribution in [0.15, 0.2) is 18.2 Å². The molecule has 2 aromatic rings. The number of carbonyl (C=O) groups excluding carboxylic acids is 1. The van der Waals surface area contributed by atoms with E-state index in [9.17, 15) is 17.6 Å². The van der Waals surface area contributed by atoms with Crippen LogP contribution in [0.3, 0.4) is 0 Å². The quantitative estimate of drug-likeness (QED) is 0.787. The van der Waals surface area contributed by atoms with E-state index in [0.717, 1.165) is 0 Å². The lowest BCUT2D eigenvalue weighted by atomic mass is 10.2. The zero-order valence-electron chi connectivity index (χ0n) is 14.0. The molecule has 0 saturated carbocycles. The van der Waals surface area contributed by atoms with Gasteiger partial charge in [-0.2, -0.15) is 0 Å². The number of aromatic amines is 1. The molecule has 1 saturated heterocycles. The second kappa shape index (κ2) is 7.09. The molecule has 1 aromatic heterocycles. The van der Waals surface area contributed by atoms with Crippen molar-refractivity contribution >= 4 is 26.8 Å². The Kier molecular flexibility index (Phi) is 5.05. The minimum Gasteiger partial charge on any atom is -0.349 e. The Morgan fingerprint density at radius 3 is 3.00 bits per heavy atom. The van der Waals surface area contributed by atoms with Crippen LogP contribution in [0.25, 0.3) is 11.0 Å². The maximum atomic E-state index is 13.2. The average molecular weight is 368 g/mol. The molecule has 25 heavy (non-hydrogen) atoms. The summed E-state index contributed by atoms with van der Waals surface area (Å²) >= 11 is 0. The van der Waals surface area contributed by atoms with Crippen LogP contribution in [0, 0.1) is 5.82 Å². The van der Waals surface area contributed by atoms with Crippen molar-refractivity contribution in [3.8, 4) is 0 Å². The molecule has 0 bridgehead atoms. The van der Waals surface area contributed by atoms with E-state index in [1.54, 1.807) is 6.07 Å². The normalized spacial score (nSPS) is 19.6. The number of sulfone groups is 1. The molecule has 0 radical (unpaired) electrons. The van der Waals surface area contributed by atoms with Crippen molar-refractivity contribution in [2.24, 2.45) is 0 Å². The number of amides is 1. The summed E-state index contributed by atoms with van der Waals surface area (Å²) in [5, 5.41) is 2.77. The number of nitrogens with zero attached hydrogens (tertiary/aromatic N) is 2. The number of benzene rings is 1. The first-order valence-electron chi connectivity index (χ1n) is 8.14. The second-order valence-corrected chi connectivity index (χ2v) is 8.64. The van der Waals surface area contributed by atoms with Gasteiger partial charge in [0.1, 0.15) is 11.6 Å². The molecule has 1 fully saturated rings. The van der Waals surface area contributed by atoms with Crippen LogP contribution in [0.4, 0.5) is 4.39 Å². The minimum absolute atomic E-state index is 0.0110. The van der Waals surface area contributed by atoms with Gasteiger partial charge in [-0.25, -0.2) is 17.8 Å². The Labute approximate surface area is 145 Å². The summed E-state index contributed by atoms with van der Waals surface area (Å²) in [6.45, 7) is 0.730. The van der Waals surface area contributed by atoms with Gasteiger partial charge >= 0.3 is 0 Å². The van der Waals surface area contributed by atoms with Gasteiger partial charge in [0, 0.05) is 19.0 Å². The highest BCUT2D eigenvalue weighted by molar-refractivity contribution is 7.91. The van der Waals surface area contributed by atoms with Gasteiger partial charge in [0.15, 0.2) is 9.84 Å². The standard InChI is InChI=1S/C16H21FN4O3S/c1-21(12-5-7-25(23,24)10-12)6-4-16(22)18-9-15-19-13-3-2-11(17)8-14(13)20-15/h2-3,8,12H,4-7,9-10H2,1H3,(H,18,22)(H,19,20)/t12-/m1/s1. The summed E-state index contributed by atoms with van der Waals surface area (Å²) < 4.78 is 36.1. The number of fused-ring (bicyclic) bond motifs is 1. The lowest BCUT2D eigenvalue weighted by Crippen LogP contribution is -2.36. The van der Waals surface area contributed by atoms with Crippen molar-refractivity contribution in [2.75, 3.05) is 25.1 Å². The Morgan fingerprint density at radius 1 is 1.48 bits per heavy atom. The maximum Gasteiger partial charge on any atom is 0.221 e. The molecule has 0 unspecified atom stereocenters.